The molecule has 1 aliphatic rings. The first-order valence-corrected chi connectivity index (χ1v) is 4.12. The van der Waals surface area contributed by atoms with E-state index in [9.17, 15) is 8.78 Å². The van der Waals surface area contributed by atoms with Crippen molar-refractivity contribution < 1.29 is 8.78 Å². The van der Waals surface area contributed by atoms with E-state index in [0.717, 1.165) is 0 Å². The van der Waals surface area contributed by atoms with Gasteiger partial charge >= 0.3 is 0 Å². The summed E-state index contributed by atoms with van der Waals surface area (Å²) < 4.78 is 25.2. The summed E-state index contributed by atoms with van der Waals surface area (Å²) in [6.07, 6.45) is 0.646. The van der Waals surface area contributed by atoms with Crippen LogP contribution in [0.15, 0.2) is 0 Å². The lowest BCUT2D eigenvalue weighted by Crippen LogP contribution is -2.47. The minimum atomic E-state index is -2.47. The first-order chi connectivity index (χ1) is 5.01. The lowest BCUT2D eigenvalue weighted by atomic mass is 9.93. The normalized spacial score (nSPS) is 30.8. The molecule has 3 heteroatoms. The number of nitrogens with one attached hydrogen (secondary N) is 1. The molecule has 1 aliphatic heterocycles. The van der Waals surface area contributed by atoms with Crippen molar-refractivity contribution in [3.05, 3.63) is 0 Å². The quantitative estimate of drug-likeness (QED) is 0.623. The highest BCUT2D eigenvalue weighted by molar-refractivity contribution is 4.83. The van der Waals surface area contributed by atoms with Crippen molar-refractivity contribution >= 4 is 0 Å². The van der Waals surface area contributed by atoms with Gasteiger partial charge in [-0.15, -0.1) is 0 Å². The van der Waals surface area contributed by atoms with Crippen LogP contribution < -0.4 is 5.32 Å². The molecule has 0 spiro atoms. The van der Waals surface area contributed by atoms with Crippen LogP contribution in [-0.4, -0.2) is 18.5 Å². The molecule has 1 saturated heterocycles. The Labute approximate surface area is 66.2 Å². The highest BCUT2D eigenvalue weighted by Gasteiger charge is 2.35. The summed E-state index contributed by atoms with van der Waals surface area (Å²) in [6.45, 7) is 3.97. The zero-order valence-corrected chi connectivity index (χ0v) is 7.03. The molecule has 11 heavy (non-hydrogen) atoms. The van der Waals surface area contributed by atoms with Crippen molar-refractivity contribution in [2.45, 2.75) is 38.7 Å². The third-order valence-corrected chi connectivity index (χ3v) is 2.25. The third kappa shape index (κ3) is 2.40. The van der Waals surface area contributed by atoms with Crippen LogP contribution in [0.2, 0.25) is 0 Å². The van der Waals surface area contributed by atoms with Gasteiger partial charge < -0.3 is 5.32 Å². The van der Waals surface area contributed by atoms with E-state index in [0.29, 0.717) is 12.3 Å². The number of hydrogen-bond acceptors (Lipinski definition) is 1. The summed E-state index contributed by atoms with van der Waals surface area (Å²) in [5.74, 6) is -2.00. The van der Waals surface area contributed by atoms with Crippen molar-refractivity contribution in [1.29, 1.82) is 0 Å². The lowest BCUT2D eigenvalue weighted by Gasteiger charge is -2.31. The van der Waals surface area contributed by atoms with Crippen molar-refractivity contribution in [1.82, 2.24) is 5.32 Å². The second-order valence-electron chi connectivity index (χ2n) is 3.63. The van der Waals surface area contributed by atoms with Crippen LogP contribution in [0.1, 0.15) is 26.7 Å². The fourth-order valence-corrected chi connectivity index (χ4v) is 1.41. The standard InChI is InChI=1S/C8H15F2N/c1-6(2)7-3-4-8(9,10)5-11-7/h6-7,11H,3-5H2,1-2H3/t7-/m1/s1. The van der Waals surface area contributed by atoms with Crippen LogP contribution in [-0.2, 0) is 0 Å². The zero-order valence-electron chi connectivity index (χ0n) is 7.03. The number of hydrogen-bond donors (Lipinski definition) is 1. The fourth-order valence-electron chi connectivity index (χ4n) is 1.41. The second kappa shape index (κ2) is 3.05. The predicted octanol–water partition coefficient (Wildman–Crippen LogP) is 2.03. The SMILES string of the molecule is CC(C)[C@H]1CCC(F)(F)CN1. The van der Waals surface area contributed by atoms with Gasteiger partial charge in [0, 0.05) is 12.5 Å². The average molecular weight is 163 g/mol. The van der Waals surface area contributed by atoms with Gasteiger partial charge in [-0.05, 0) is 12.3 Å². The van der Waals surface area contributed by atoms with Crippen molar-refractivity contribution in [3.63, 3.8) is 0 Å². The van der Waals surface area contributed by atoms with E-state index in [2.05, 4.69) is 19.2 Å². The fraction of sp³-hybridized carbons (Fsp3) is 1.00. The van der Waals surface area contributed by atoms with Gasteiger partial charge in [0.15, 0.2) is 0 Å². The van der Waals surface area contributed by atoms with Gasteiger partial charge in [-0.2, -0.15) is 0 Å². The molecule has 0 radical (unpaired) electrons. The maximum atomic E-state index is 12.6. The van der Waals surface area contributed by atoms with E-state index in [1.807, 2.05) is 0 Å². The van der Waals surface area contributed by atoms with Crippen LogP contribution in [0.3, 0.4) is 0 Å². The van der Waals surface area contributed by atoms with Gasteiger partial charge in [0.2, 0.25) is 0 Å². The molecule has 1 N–H and O–H groups in total. The molecule has 66 valence electrons. The summed E-state index contributed by atoms with van der Waals surface area (Å²) in [5, 5.41) is 2.86. The molecule has 1 heterocycles. The smallest absolute Gasteiger partial charge is 0.260 e. The molecule has 1 rings (SSSR count). The van der Waals surface area contributed by atoms with Crippen LogP contribution >= 0.6 is 0 Å². The van der Waals surface area contributed by atoms with Gasteiger partial charge in [0.05, 0.1) is 6.54 Å². The molecular weight excluding hydrogens is 148 g/mol. The maximum absolute atomic E-state index is 12.6. The molecule has 0 unspecified atom stereocenters. The van der Waals surface area contributed by atoms with Crippen LogP contribution in [0.4, 0.5) is 8.78 Å². The Kier molecular flexibility index (Phi) is 2.47. The molecule has 1 nitrogen and oxygen atoms in total. The maximum Gasteiger partial charge on any atom is 0.260 e. The minimum absolute atomic E-state index is 0.0445. The van der Waals surface area contributed by atoms with E-state index in [-0.39, 0.29) is 19.0 Å². The molecule has 1 atom stereocenters. The van der Waals surface area contributed by atoms with Crippen LogP contribution in [0.5, 0.6) is 0 Å². The number of piperidine rings is 1. The van der Waals surface area contributed by atoms with Crippen molar-refractivity contribution in [3.8, 4) is 0 Å². The van der Waals surface area contributed by atoms with Crippen LogP contribution in [0.25, 0.3) is 0 Å². The van der Waals surface area contributed by atoms with Gasteiger partial charge in [0.25, 0.3) is 5.92 Å². The summed E-state index contributed by atoms with van der Waals surface area (Å²) in [7, 11) is 0. The Hall–Kier alpha value is -0.180. The van der Waals surface area contributed by atoms with Crippen LogP contribution in [0, 0.1) is 5.92 Å². The Morgan fingerprint density at radius 1 is 1.45 bits per heavy atom. The molecule has 0 aromatic carbocycles. The second-order valence-corrected chi connectivity index (χ2v) is 3.63. The predicted molar refractivity (Wildman–Crippen MR) is 40.8 cm³/mol. The Balaban J connectivity index is 2.36. The summed E-state index contributed by atoms with van der Waals surface area (Å²) in [4.78, 5) is 0. The molecule has 0 aliphatic carbocycles. The third-order valence-electron chi connectivity index (χ3n) is 2.25. The molecule has 0 aromatic heterocycles. The molecule has 1 fully saturated rings. The molecule has 0 amide bonds. The monoisotopic (exact) mass is 163 g/mol. The van der Waals surface area contributed by atoms with Gasteiger partial charge in [-0.25, -0.2) is 8.78 Å². The summed E-state index contributed by atoms with van der Waals surface area (Å²) in [5.41, 5.74) is 0. The highest BCUT2D eigenvalue weighted by Crippen LogP contribution is 2.26. The first kappa shape index (κ1) is 8.91. The van der Waals surface area contributed by atoms with E-state index in [1.165, 1.54) is 0 Å². The largest absolute Gasteiger partial charge is 0.308 e. The minimum Gasteiger partial charge on any atom is -0.308 e. The van der Waals surface area contributed by atoms with Gasteiger partial charge in [0.1, 0.15) is 0 Å². The molecular formula is C8H15F2N. The zero-order chi connectivity index (χ0) is 8.48. The highest BCUT2D eigenvalue weighted by atomic mass is 19.3. The molecule has 0 aromatic rings. The van der Waals surface area contributed by atoms with Crippen molar-refractivity contribution in [2.24, 2.45) is 5.92 Å². The van der Waals surface area contributed by atoms with E-state index < -0.39 is 5.92 Å². The Morgan fingerprint density at radius 3 is 2.45 bits per heavy atom. The molecule has 0 bridgehead atoms. The number of alkyl halides is 2. The van der Waals surface area contributed by atoms with Gasteiger partial charge in [-0.3, -0.25) is 0 Å². The topological polar surface area (TPSA) is 12.0 Å². The van der Waals surface area contributed by atoms with Crippen molar-refractivity contribution in [2.75, 3.05) is 6.54 Å². The summed E-state index contributed by atoms with van der Waals surface area (Å²) >= 11 is 0. The van der Waals surface area contributed by atoms with E-state index in [4.69, 9.17) is 0 Å². The number of rotatable bonds is 1. The number of halogens is 2. The Bertz CT molecular complexity index is 124. The molecule has 0 saturated carbocycles. The van der Waals surface area contributed by atoms with E-state index in [1.54, 1.807) is 0 Å². The first-order valence-electron chi connectivity index (χ1n) is 4.12. The van der Waals surface area contributed by atoms with E-state index >= 15 is 0 Å². The lowest BCUT2D eigenvalue weighted by molar-refractivity contribution is -0.0338. The van der Waals surface area contributed by atoms with Gasteiger partial charge in [-0.1, -0.05) is 13.8 Å². The average Bonchev–Trinajstić information content (AvgIpc) is 1.86. The summed E-state index contributed by atoms with van der Waals surface area (Å²) in [6, 6.07) is 0.287. The Morgan fingerprint density at radius 2 is 2.09 bits per heavy atom.